The first-order valence-electron chi connectivity index (χ1n) is 8.19. The quantitative estimate of drug-likeness (QED) is 0.671. The topological polar surface area (TPSA) is 102 Å². The zero-order valence-corrected chi connectivity index (χ0v) is 15.8. The average Bonchev–Trinajstić information content (AvgIpc) is 3.23. The van der Waals surface area contributed by atoms with Crippen LogP contribution in [0.1, 0.15) is 22.3 Å². The number of hydrogen-bond donors (Lipinski definition) is 2. The summed E-state index contributed by atoms with van der Waals surface area (Å²) in [6.07, 6.45) is -1.10. The molecule has 0 saturated carbocycles. The summed E-state index contributed by atoms with van der Waals surface area (Å²) in [6, 6.07) is 10.6. The van der Waals surface area contributed by atoms with E-state index in [0.29, 0.717) is 4.88 Å². The fourth-order valence-electron chi connectivity index (χ4n) is 2.44. The van der Waals surface area contributed by atoms with E-state index >= 15 is 0 Å². The van der Waals surface area contributed by atoms with Gasteiger partial charge in [-0.25, -0.2) is 14.3 Å². The Hall–Kier alpha value is -3.20. The first kappa shape index (κ1) is 18.6. The molecule has 3 rings (SSSR count). The number of nitrogens with zero attached hydrogens (tertiary/aromatic N) is 2. The number of amides is 3. The summed E-state index contributed by atoms with van der Waals surface area (Å²) in [6.45, 7) is 3.27. The van der Waals surface area contributed by atoms with Crippen molar-refractivity contribution in [3.05, 3.63) is 47.0 Å². The van der Waals surface area contributed by atoms with E-state index in [1.807, 2.05) is 37.3 Å². The van der Waals surface area contributed by atoms with Gasteiger partial charge in [0.2, 0.25) is 0 Å². The van der Waals surface area contributed by atoms with E-state index in [1.54, 1.807) is 10.7 Å². The number of carbonyl (C=O) groups is 3. The van der Waals surface area contributed by atoms with Crippen molar-refractivity contribution in [1.29, 1.82) is 0 Å². The second kappa shape index (κ2) is 7.58. The SMILES string of the molecule is CNC(=O)NC(=O)[C@@H](C)OC(=O)c1cc2c(C)nn(-c3ccccc3)c2s1. The molecule has 2 heterocycles. The van der Waals surface area contributed by atoms with Gasteiger partial charge in [-0.1, -0.05) is 18.2 Å². The molecule has 0 spiro atoms. The molecule has 1 atom stereocenters. The maximum absolute atomic E-state index is 12.4. The molecule has 0 aliphatic carbocycles. The van der Waals surface area contributed by atoms with Gasteiger partial charge in [-0.3, -0.25) is 10.1 Å². The first-order chi connectivity index (χ1) is 12.9. The van der Waals surface area contributed by atoms with Gasteiger partial charge in [0.05, 0.1) is 11.4 Å². The van der Waals surface area contributed by atoms with E-state index < -0.39 is 24.0 Å². The number of aromatic nitrogens is 2. The minimum Gasteiger partial charge on any atom is -0.448 e. The molecule has 3 amide bonds. The molecule has 1 aromatic carbocycles. The Bertz CT molecular complexity index is 1010. The number of hydrogen-bond acceptors (Lipinski definition) is 6. The fourth-order valence-corrected chi connectivity index (χ4v) is 3.51. The van der Waals surface area contributed by atoms with Gasteiger partial charge in [-0.2, -0.15) is 5.10 Å². The highest BCUT2D eigenvalue weighted by molar-refractivity contribution is 7.20. The van der Waals surface area contributed by atoms with Crippen LogP contribution in [0.2, 0.25) is 0 Å². The number of rotatable bonds is 4. The number of aryl methyl sites for hydroxylation is 1. The Morgan fingerprint density at radius 3 is 2.59 bits per heavy atom. The highest BCUT2D eigenvalue weighted by atomic mass is 32.1. The summed E-state index contributed by atoms with van der Waals surface area (Å²) in [5.74, 6) is -1.33. The van der Waals surface area contributed by atoms with E-state index in [9.17, 15) is 14.4 Å². The maximum Gasteiger partial charge on any atom is 0.349 e. The zero-order valence-electron chi connectivity index (χ0n) is 15.0. The van der Waals surface area contributed by atoms with Crippen molar-refractivity contribution < 1.29 is 19.1 Å². The van der Waals surface area contributed by atoms with Gasteiger partial charge in [0.15, 0.2) is 6.10 Å². The van der Waals surface area contributed by atoms with Gasteiger partial charge < -0.3 is 10.1 Å². The van der Waals surface area contributed by atoms with E-state index in [0.717, 1.165) is 21.6 Å². The molecule has 0 unspecified atom stereocenters. The van der Waals surface area contributed by atoms with Gasteiger partial charge >= 0.3 is 12.0 Å². The minimum atomic E-state index is -1.10. The molecule has 27 heavy (non-hydrogen) atoms. The van der Waals surface area contributed by atoms with Crippen molar-refractivity contribution in [2.24, 2.45) is 0 Å². The largest absolute Gasteiger partial charge is 0.448 e. The molecule has 0 bridgehead atoms. The molecule has 0 aliphatic heterocycles. The number of ether oxygens (including phenoxy) is 1. The molecule has 8 nitrogen and oxygen atoms in total. The van der Waals surface area contributed by atoms with Crippen molar-refractivity contribution in [3.8, 4) is 5.69 Å². The Labute approximate surface area is 159 Å². The van der Waals surface area contributed by atoms with Crippen LogP contribution in [0.25, 0.3) is 15.9 Å². The lowest BCUT2D eigenvalue weighted by atomic mass is 10.3. The summed E-state index contributed by atoms with van der Waals surface area (Å²) in [4.78, 5) is 36.6. The Morgan fingerprint density at radius 1 is 1.22 bits per heavy atom. The van der Waals surface area contributed by atoms with Gasteiger partial charge in [-0.05, 0) is 32.0 Å². The molecule has 9 heteroatoms. The van der Waals surface area contributed by atoms with Gasteiger partial charge in [0.25, 0.3) is 5.91 Å². The second-order valence-electron chi connectivity index (χ2n) is 5.78. The number of benzene rings is 1. The number of imide groups is 1. The number of fused-ring (bicyclic) bond motifs is 1. The van der Waals surface area contributed by atoms with Crippen molar-refractivity contribution in [1.82, 2.24) is 20.4 Å². The lowest BCUT2D eigenvalue weighted by Crippen LogP contribution is -2.43. The summed E-state index contributed by atoms with van der Waals surface area (Å²) in [7, 11) is 1.38. The molecular weight excluding hydrogens is 368 g/mol. The molecule has 3 aromatic rings. The number of thiophene rings is 1. The average molecular weight is 386 g/mol. The third kappa shape index (κ3) is 3.82. The monoisotopic (exact) mass is 386 g/mol. The van der Waals surface area contributed by atoms with Crippen LogP contribution in [-0.2, 0) is 9.53 Å². The van der Waals surface area contributed by atoms with Crippen molar-refractivity contribution in [2.45, 2.75) is 20.0 Å². The highest BCUT2D eigenvalue weighted by Gasteiger charge is 2.23. The van der Waals surface area contributed by atoms with Crippen LogP contribution in [0, 0.1) is 6.92 Å². The van der Waals surface area contributed by atoms with Gasteiger partial charge in [-0.15, -0.1) is 11.3 Å². The number of esters is 1. The summed E-state index contributed by atoms with van der Waals surface area (Å²) < 4.78 is 6.95. The van der Waals surface area contributed by atoms with Crippen molar-refractivity contribution >= 4 is 39.5 Å². The van der Waals surface area contributed by atoms with Crippen LogP contribution < -0.4 is 10.6 Å². The maximum atomic E-state index is 12.4. The van der Waals surface area contributed by atoms with E-state index in [2.05, 4.69) is 15.7 Å². The summed E-state index contributed by atoms with van der Waals surface area (Å²) >= 11 is 1.23. The van der Waals surface area contributed by atoms with Crippen LogP contribution in [0.5, 0.6) is 0 Å². The molecule has 0 saturated heterocycles. The molecule has 0 fully saturated rings. The predicted molar refractivity (Wildman–Crippen MR) is 101 cm³/mol. The summed E-state index contributed by atoms with van der Waals surface area (Å²) in [5.41, 5.74) is 1.67. The fraction of sp³-hybridized carbons (Fsp3) is 0.222. The molecule has 0 aliphatic rings. The minimum absolute atomic E-state index is 0.356. The third-order valence-electron chi connectivity index (χ3n) is 3.86. The van der Waals surface area contributed by atoms with Crippen molar-refractivity contribution in [3.63, 3.8) is 0 Å². The van der Waals surface area contributed by atoms with Crippen LogP contribution in [0.3, 0.4) is 0 Å². The predicted octanol–water partition coefficient (Wildman–Crippen LogP) is 2.40. The molecule has 140 valence electrons. The Morgan fingerprint density at radius 2 is 1.93 bits per heavy atom. The standard InChI is InChI=1S/C18H18N4O4S/c1-10-13-9-14(17(24)26-11(2)15(23)20-18(25)19-3)27-16(13)22(21-10)12-7-5-4-6-8-12/h4-9,11H,1-3H3,(H2,19,20,23,25)/t11-/m1/s1. The van der Waals surface area contributed by atoms with Crippen molar-refractivity contribution in [2.75, 3.05) is 7.05 Å². The van der Waals surface area contributed by atoms with Crippen LogP contribution in [-0.4, -0.2) is 40.8 Å². The highest BCUT2D eigenvalue weighted by Crippen LogP contribution is 2.30. The Kier molecular flexibility index (Phi) is 5.22. The van der Waals surface area contributed by atoms with Gasteiger partial charge in [0.1, 0.15) is 9.71 Å². The van der Waals surface area contributed by atoms with Crippen LogP contribution in [0.15, 0.2) is 36.4 Å². The van der Waals surface area contributed by atoms with E-state index in [-0.39, 0.29) is 0 Å². The molecule has 2 N–H and O–H groups in total. The lowest BCUT2D eigenvalue weighted by molar-refractivity contribution is -0.127. The third-order valence-corrected chi connectivity index (χ3v) is 4.95. The first-order valence-corrected chi connectivity index (χ1v) is 9.00. The number of nitrogens with one attached hydrogen (secondary N) is 2. The van der Waals surface area contributed by atoms with Crippen LogP contribution >= 0.6 is 11.3 Å². The number of carbonyl (C=O) groups excluding carboxylic acids is 3. The molecule has 2 aromatic heterocycles. The van der Waals surface area contributed by atoms with Gasteiger partial charge in [0, 0.05) is 12.4 Å². The lowest BCUT2D eigenvalue weighted by Gasteiger charge is -2.11. The smallest absolute Gasteiger partial charge is 0.349 e. The molecule has 0 radical (unpaired) electrons. The summed E-state index contributed by atoms with van der Waals surface area (Å²) in [5, 5.41) is 9.69. The number of para-hydroxylation sites is 1. The zero-order chi connectivity index (χ0) is 19.6. The number of urea groups is 1. The van der Waals surface area contributed by atoms with E-state index in [1.165, 1.54) is 25.3 Å². The van der Waals surface area contributed by atoms with E-state index in [4.69, 9.17) is 4.74 Å². The molecular formula is C18H18N4O4S. The second-order valence-corrected chi connectivity index (χ2v) is 6.81. The Balaban J connectivity index is 1.82. The van der Waals surface area contributed by atoms with Crippen LogP contribution in [0.4, 0.5) is 4.79 Å². The normalized spacial score (nSPS) is 11.8.